The van der Waals surface area contributed by atoms with Gasteiger partial charge in [-0.1, -0.05) is 19.1 Å². The van der Waals surface area contributed by atoms with Crippen LogP contribution in [-0.2, 0) is 4.79 Å². The molecule has 0 bridgehead atoms. The molecule has 1 atom stereocenters. The van der Waals surface area contributed by atoms with Crippen molar-refractivity contribution in [3.8, 4) is 0 Å². The van der Waals surface area contributed by atoms with Crippen LogP contribution in [0.15, 0.2) is 12.2 Å². The number of likely N-dealkylation sites (tertiary alicyclic amines) is 1. The first kappa shape index (κ1) is 8.31. The van der Waals surface area contributed by atoms with E-state index in [0.29, 0.717) is 5.92 Å². The molecule has 1 aliphatic heterocycles. The van der Waals surface area contributed by atoms with E-state index in [4.69, 9.17) is 0 Å². The summed E-state index contributed by atoms with van der Waals surface area (Å²) in [4.78, 5) is 12.8. The van der Waals surface area contributed by atoms with Crippen LogP contribution in [0.1, 0.15) is 20.3 Å². The van der Waals surface area contributed by atoms with Crippen LogP contribution in [0, 0.1) is 5.92 Å². The van der Waals surface area contributed by atoms with E-state index in [0.717, 1.165) is 19.5 Å². The summed E-state index contributed by atoms with van der Waals surface area (Å²) >= 11 is 0. The number of hydrogen-bond acceptors (Lipinski definition) is 1. The highest BCUT2D eigenvalue weighted by atomic mass is 16.2. The number of amides is 1. The second kappa shape index (κ2) is 3.07. The minimum Gasteiger partial charge on any atom is -0.339 e. The Morgan fingerprint density at radius 3 is 2.82 bits per heavy atom. The minimum absolute atomic E-state index is 0.165. The van der Waals surface area contributed by atoms with Crippen molar-refractivity contribution in [3.05, 3.63) is 12.2 Å². The Balaban J connectivity index is 2.56. The molecule has 1 aliphatic rings. The molecule has 0 N–H and O–H groups in total. The van der Waals surface area contributed by atoms with Gasteiger partial charge in [-0.25, -0.2) is 0 Å². The quantitative estimate of drug-likeness (QED) is 0.482. The molecule has 0 spiro atoms. The standard InChI is InChI=1S/C9H15NO/c1-7-4-8(2)6-10(5-7)9(3)11/h8H,1,4-6H2,2-3H3. The fourth-order valence-electron chi connectivity index (χ4n) is 1.57. The average molecular weight is 153 g/mol. The van der Waals surface area contributed by atoms with Gasteiger partial charge in [0.2, 0.25) is 5.91 Å². The topological polar surface area (TPSA) is 20.3 Å². The Labute approximate surface area is 67.9 Å². The van der Waals surface area contributed by atoms with Gasteiger partial charge in [0, 0.05) is 20.0 Å². The van der Waals surface area contributed by atoms with Crippen LogP contribution in [0.25, 0.3) is 0 Å². The van der Waals surface area contributed by atoms with Crippen molar-refractivity contribution >= 4 is 5.91 Å². The van der Waals surface area contributed by atoms with Crippen molar-refractivity contribution in [1.29, 1.82) is 0 Å². The molecule has 0 aromatic heterocycles. The molecule has 1 fully saturated rings. The van der Waals surface area contributed by atoms with E-state index >= 15 is 0 Å². The lowest BCUT2D eigenvalue weighted by Gasteiger charge is -2.31. The van der Waals surface area contributed by atoms with Gasteiger partial charge < -0.3 is 4.90 Å². The minimum atomic E-state index is 0.165. The summed E-state index contributed by atoms with van der Waals surface area (Å²) in [6.07, 6.45) is 1.07. The van der Waals surface area contributed by atoms with Crippen LogP contribution >= 0.6 is 0 Å². The molecule has 1 amide bonds. The summed E-state index contributed by atoms with van der Waals surface area (Å²) in [7, 11) is 0. The number of carbonyl (C=O) groups excluding carboxylic acids is 1. The summed E-state index contributed by atoms with van der Waals surface area (Å²) in [5.41, 5.74) is 1.18. The monoisotopic (exact) mass is 153 g/mol. The molecular formula is C9H15NO. The fourth-order valence-corrected chi connectivity index (χ4v) is 1.57. The number of rotatable bonds is 0. The Bertz CT molecular complexity index is 186. The third-order valence-electron chi connectivity index (χ3n) is 2.03. The first-order valence-corrected chi connectivity index (χ1v) is 4.01. The maximum Gasteiger partial charge on any atom is 0.219 e. The van der Waals surface area contributed by atoms with Gasteiger partial charge in [-0.2, -0.15) is 0 Å². The zero-order chi connectivity index (χ0) is 8.43. The summed E-state index contributed by atoms with van der Waals surface area (Å²) in [6.45, 7) is 9.33. The van der Waals surface area contributed by atoms with Crippen molar-refractivity contribution in [1.82, 2.24) is 4.90 Å². The zero-order valence-corrected chi connectivity index (χ0v) is 7.26. The molecule has 0 aromatic rings. The lowest BCUT2D eigenvalue weighted by atomic mass is 9.97. The van der Waals surface area contributed by atoms with Crippen LogP contribution in [0.3, 0.4) is 0 Å². The largest absolute Gasteiger partial charge is 0.339 e. The summed E-state index contributed by atoms with van der Waals surface area (Å²) < 4.78 is 0. The third kappa shape index (κ3) is 2.07. The van der Waals surface area contributed by atoms with E-state index in [1.807, 2.05) is 4.90 Å². The van der Waals surface area contributed by atoms with Gasteiger partial charge in [0.25, 0.3) is 0 Å². The SMILES string of the molecule is C=C1CC(C)CN(C(C)=O)C1. The van der Waals surface area contributed by atoms with E-state index in [9.17, 15) is 4.79 Å². The Morgan fingerprint density at radius 1 is 1.73 bits per heavy atom. The van der Waals surface area contributed by atoms with Crippen molar-refractivity contribution in [3.63, 3.8) is 0 Å². The van der Waals surface area contributed by atoms with E-state index in [1.165, 1.54) is 5.57 Å². The molecule has 1 rings (SSSR count). The zero-order valence-electron chi connectivity index (χ0n) is 7.26. The number of carbonyl (C=O) groups is 1. The van der Waals surface area contributed by atoms with Gasteiger partial charge in [0.1, 0.15) is 0 Å². The van der Waals surface area contributed by atoms with Crippen LogP contribution < -0.4 is 0 Å². The van der Waals surface area contributed by atoms with Crippen molar-refractivity contribution in [2.45, 2.75) is 20.3 Å². The summed E-state index contributed by atoms with van der Waals surface area (Å²) in [5, 5.41) is 0. The van der Waals surface area contributed by atoms with Crippen LogP contribution in [0.2, 0.25) is 0 Å². The van der Waals surface area contributed by atoms with Crippen LogP contribution in [0.5, 0.6) is 0 Å². The smallest absolute Gasteiger partial charge is 0.219 e. The van der Waals surface area contributed by atoms with Gasteiger partial charge >= 0.3 is 0 Å². The van der Waals surface area contributed by atoms with Gasteiger partial charge in [0.15, 0.2) is 0 Å². The first-order valence-electron chi connectivity index (χ1n) is 4.01. The Hall–Kier alpha value is -0.790. The highest BCUT2D eigenvalue weighted by molar-refractivity contribution is 5.73. The van der Waals surface area contributed by atoms with E-state index in [2.05, 4.69) is 13.5 Å². The molecule has 11 heavy (non-hydrogen) atoms. The number of piperidine rings is 1. The van der Waals surface area contributed by atoms with E-state index in [-0.39, 0.29) is 5.91 Å². The summed E-state index contributed by atoms with van der Waals surface area (Å²) in [5.74, 6) is 0.748. The molecule has 1 unspecified atom stereocenters. The normalized spacial score (nSPS) is 25.5. The molecule has 0 radical (unpaired) electrons. The molecule has 1 heterocycles. The molecule has 62 valence electrons. The maximum absolute atomic E-state index is 11.0. The molecule has 1 saturated heterocycles. The van der Waals surface area contributed by atoms with E-state index < -0.39 is 0 Å². The second-order valence-corrected chi connectivity index (χ2v) is 3.46. The molecular weight excluding hydrogens is 138 g/mol. The summed E-state index contributed by atoms with van der Waals surface area (Å²) in [6, 6.07) is 0. The highest BCUT2D eigenvalue weighted by Gasteiger charge is 2.19. The van der Waals surface area contributed by atoms with Gasteiger partial charge in [-0.3, -0.25) is 4.79 Å². The van der Waals surface area contributed by atoms with Crippen molar-refractivity contribution in [2.24, 2.45) is 5.92 Å². The lowest BCUT2D eigenvalue weighted by Crippen LogP contribution is -2.38. The molecule has 0 aliphatic carbocycles. The molecule has 0 aromatic carbocycles. The second-order valence-electron chi connectivity index (χ2n) is 3.46. The maximum atomic E-state index is 11.0. The number of nitrogens with zero attached hydrogens (tertiary/aromatic N) is 1. The predicted octanol–water partition coefficient (Wildman–Crippen LogP) is 1.43. The lowest BCUT2D eigenvalue weighted by molar-refractivity contribution is -0.129. The van der Waals surface area contributed by atoms with Gasteiger partial charge in [-0.05, 0) is 12.3 Å². The third-order valence-corrected chi connectivity index (χ3v) is 2.03. The van der Waals surface area contributed by atoms with Crippen LogP contribution in [-0.4, -0.2) is 23.9 Å². The Morgan fingerprint density at radius 2 is 2.36 bits per heavy atom. The Kier molecular flexibility index (Phi) is 2.32. The van der Waals surface area contributed by atoms with Crippen LogP contribution in [0.4, 0.5) is 0 Å². The van der Waals surface area contributed by atoms with Crippen molar-refractivity contribution < 1.29 is 4.79 Å². The highest BCUT2D eigenvalue weighted by Crippen LogP contribution is 2.18. The van der Waals surface area contributed by atoms with Gasteiger partial charge in [-0.15, -0.1) is 0 Å². The first-order chi connectivity index (χ1) is 5.09. The molecule has 2 nitrogen and oxygen atoms in total. The molecule has 2 heteroatoms. The van der Waals surface area contributed by atoms with Gasteiger partial charge in [0.05, 0.1) is 0 Å². The van der Waals surface area contributed by atoms with Crippen molar-refractivity contribution in [2.75, 3.05) is 13.1 Å². The van der Waals surface area contributed by atoms with E-state index in [1.54, 1.807) is 6.92 Å². The number of hydrogen-bond donors (Lipinski definition) is 0. The predicted molar refractivity (Wildman–Crippen MR) is 45.2 cm³/mol. The average Bonchev–Trinajstić information content (AvgIpc) is 1.85. The molecule has 0 saturated carbocycles. The fraction of sp³-hybridized carbons (Fsp3) is 0.667.